The Balaban J connectivity index is 1.84. The van der Waals surface area contributed by atoms with Crippen LogP contribution in [0.5, 0.6) is 0 Å². The Kier molecular flexibility index (Phi) is 3.43. The summed E-state index contributed by atoms with van der Waals surface area (Å²) in [5.41, 5.74) is 4.06. The van der Waals surface area contributed by atoms with Gasteiger partial charge in [-0.2, -0.15) is 5.10 Å². The molecule has 6 nitrogen and oxygen atoms in total. The zero-order valence-corrected chi connectivity index (χ0v) is 12.9. The molecule has 0 unspecified atom stereocenters. The Morgan fingerprint density at radius 2 is 2.10 bits per heavy atom. The van der Waals surface area contributed by atoms with Crippen LogP contribution in [-0.2, 0) is 20.0 Å². The van der Waals surface area contributed by atoms with Crippen LogP contribution in [0.1, 0.15) is 18.3 Å². The fourth-order valence-corrected chi connectivity index (χ4v) is 2.48. The highest BCUT2D eigenvalue weighted by Gasteiger charge is 2.08. The van der Waals surface area contributed by atoms with Crippen molar-refractivity contribution in [2.75, 3.05) is 5.32 Å². The minimum Gasteiger partial charge on any atom is -0.377 e. The number of hydrogen-bond donors (Lipinski definition) is 1. The van der Waals surface area contributed by atoms with Crippen molar-refractivity contribution in [3.05, 3.63) is 40.8 Å². The van der Waals surface area contributed by atoms with E-state index in [9.17, 15) is 0 Å². The quantitative estimate of drug-likeness (QED) is 0.795. The molecule has 0 aliphatic heterocycles. The summed E-state index contributed by atoms with van der Waals surface area (Å²) in [6, 6.07) is 0. The van der Waals surface area contributed by atoms with Gasteiger partial charge in [0.25, 0.3) is 0 Å². The van der Waals surface area contributed by atoms with Gasteiger partial charge < -0.3 is 5.32 Å². The molecular formula is C13H15BrN6. The molecule has 104 valence electrons. The fourth-order valence-electron chi connectivity index (χ4n) is 2.18. The van der Waals surface area contributed by atoms with Crippen molar-refractivity contribution in [3.63, 3.8) is 0 Å². The first-order valence-electron chi connectivity index (χ1n) is 6.41. The molecule has 0 atom stereocenters. The Morgan fingerprint density at radius 3 is 2.90 bits per heavy atom. The summed E-state index contributed by atoms with van der Waals surface area (Å²) in [5.74, 6) is 0. The van der Waals surface area contributed by atoms with Gasteiger partial charge in [-0.1, -0.05) is 6.92 Å². The molecule has 0 fully saturated rings. The zero-order valence-electron chi connectivity index (χ0n) is 11.3. The van der Waals surface area contributed by atoms with E-state index in [2.05, 4.69) is 43.2 Å². The lowest BCUT2D eigenvalue weighted by Gasteiger charge is -2.05. The van der Waals surface area contributed by atoms with Crippen LogP contribution in [0.2, 0.25) is 0 Å². The van der Waals surface area contributed by atoms with Gasteiger partial charge in [0, 0.05) is 19.4 Å². The zero-order chi connectivity index (χ0) is 14.1. The lowest BCUT2D eigenvalue weighted by atomic mass is 10.3. The first kappa shape index (κ1) is 13.1. The molecule has 0 aliphatic rings. The van der Waals surface area contributed by atoms with E-state index in [-0.39, 0.29) is 0 Å². The van der Waals surface area contributed by atoms with Crippen molar-refractivity contribution in [1.82, 2.24) is 24.1 Å². The van der Waals surface area contributed by atoms with E-state index in [1.807, 2.05) is 34.7 Å². The summed E-state index contributed by atoms with van der Waals surface area (Å²) in [6.07, 6.45) is 8.43. The number of hydrogen-bond acceptors (Lipinski definition) is 4. The average molecular weight is 335 g/mol. The molecule has 0 bridgehead atoms. The van der Waals surface area contributed by atoms with Gasteiger partial charge in [0.15, 0.2) is 5.65 Å². The van der Waals surface area contributed by atoms with Crippen LogP contribution in [-0.4, -0.2) is 24.1 Å². The number of halogens is 1. The van der Waals surface area contributed by atoms with Crippen molar-refractivity contribution in [2.45, 2.75) is 19.9 Å². The monoisotopic (exact) mass is 334 g/mol. The summed E-state index contributed by atoms with van der Waals surface area (Å²) >= 11 is 3.38. The summed E-state index contributed by atoms with van der Waals surface area (Å²) in [7, 11) is 1.93. The molecule has 20 heavy (non-hydrogen) atoms. The van der Waals surface area contributed by atoms with Crippen LogP contribution in [0.4, 0.5) is 5.69 Å². The van der Waals surface area contributed by atoms with Crippen molar-refractivity contribution in [3.8, 4) is 0 Å². The number of nitrogens with one attached hydrogen (secondary N) is 1. The number of anilines is 1. The van der Waals surface area contributed by atoms with Gasteiger partial charge in [-0.15, -0.1) is 0 Å². The molecule has 0 amide bonds. The molecule has 0 aromatic carbocycles. The Hall–Kier alpha value is -1.89. The van der Waals surface area contributed by atoms with Crippen molar-refractivity contribution in [1.29, 1.82) is 0 Å². The lowest BCUT2D eigenvalue weighted by Crippen LogP contribution is -2.03. The molecule has 0 radical (unpaired) electrons. The maximum Gasteiger partial charge on any atom is 0.155 e. The van der Waals surface area contributed by atoms with Gasteiger partial charge >= 0.3 is 0 Å². The van der Waals surface area contributed by atoms with Crippen LogP contribution < -0.4 is 5.32 Å². The SMILES string of the molecule is CCc1nn(C)cc1NCc1cnc2cnc(Br)cn12. The number of imidazole rings is 1. The topological polar surface area (TPSA) is 60.0 Å². The summed E-state index contributed by atoms with van der Waals surface area (Å²) < 4.78 is 4.64. The van der Waals surface area contributed by atoms with Crippen LogP contribution in [0.3, 0.4) is 0 Å². The van der Waals surface area contributed by atoms with Gasteiger partial charge in [-0.25, -0.2) is 9.97 Å². The molecule has 3 aromatic rings. The normalized spacial score (nSPS) is 11.2. The molecule has 3 rings (SSSR count). The van der Waals surface area contributed by atoms with Crippen LogP contribution in [0.15, 0.2) is 29.4 Å². The predicted octanol–water partition coefficient (Wildman–Crippen LogP) is 2.40. The van der Waals surface area contributed by atoms with Gasteiger partial charge in [0.1, 0.15) is 4.60 Å². The summed E-state index contributed by atoms with van der Waals surface area (Å²) in [5, 5.41) is 7.84. The number of nitrogens with zero attached hydrogens (tertiary/aromatic N) is 5. The van der Waals surface area contributed by atoms with E-state index in [0.717, 1.165) is 33.7 Å². The van der Waals surface area contributed by atoms with E-state index < -0.39 is 0 Å². The van der Waals surface area contributed by atoms with Crippen molar-refractivity contribution in [2.24, 2.45) is 7.05 Å². The van der Waals surface area contributed by atoms with Gasteiger partial charge in [0.2, 0.25) is 0 Å². The molecule has 0 aliphatic carbocycles. The fraction of sp³-hybridized carbons (Fsp3) is 0.308. The first-order valence-corrected chi connectivity index (χ1v) is 7.20. The van der Waals surface area contributed by atoms with E-state index in [4.69, 9.17) is 0 Å². The second kappa shape index (κ2) is 5.24. The summed E-state index contributed by atoms with van der Waals surface area (Å²) in [4.78, 5) is 8.51. The molecule has 3 aromatic heterocycles. The second-order valence-corrected chi connectivity index (χ2v) is 5.37. The van der Waals surface area contributed by atoms with E-state index in [1.54, 1.807) is 6.20 Å². The molecule has 0 saturated carbocycles. The molecule has 7 heteroatoms. The van der Waals surface area contributed by atoms with Gasteiger partial charge in [0.05, 0.1) is 36.0 Å². The van der Waals surface area contributed by atoms with Crippen LogP contribution >= 0.6 is 15.9 Å². The van der Waals surface area contributed by atoms with Crippen LogP contribution in [0, 0.1) is 0 Å². The summed E-state index contributed by atoms with van der Waals surface area (Å²) in [6.45, 7) is 2.79. The third-order valence-electron chi connectivity index (χ3n) is 3.14. The van der Waals surface area contributed by atoms with Crippen LogP contribution in [0.25, 0.3) is 5.65 Å². The Morgan fingerprint density at radius 1 is 1.25 bits per heavy atom. The Bertz CT molecular complexity index is 744. The minimum atomic E-state index is 0.691. The second-order valence-electron chi connectivity index (χ2n) is 4.56. The van der Waals surface area contributed by atoms with Crippen molar-refractivity contribution >= 4 is 27.3 Å². The molecule has 0 saturated heterocycles. The van der Waals surface area contributed by atoms with E-state index in [0.29, 0.717) is 6.54 Å². The lowest BCUT2D eigenvalue weighted by molar-refractivity contribution is 0.746. The van der Waals surface area contributed by atoms with E-state index >= 15 is 0 Å². The van der Waals surface area contributed by atoms with Crippen molar-refractivity contribution < 1.29 is 0 Å². The standard InChI is InChI=1S/C13H15BrN6/c1-3-10-11(7-19(2)18-10)15-4-9-5-17-13-6-16-12(14)8-20(9)13/h5-8,15H,3-4H2,1-2H3. The number of fused-ring (bicyclic) bond motifs is 1. The third-order valence-corrected chi connectivity index (χ3v) is 3.55. The maximum atomic E-state index is 4.42. The largest absolute Gasteiger partial charge is 0.377 e. The highest BCUT2D eigenvalue weighted by atomic mass is 79.9. The highest BCUT2D eigenvalue weighted by molar-refractivity contribution is 9.10. The minimum absolute atomic E-state index is 0.691. The maximum absolute atomic E-state index is 4.42. The van der Waals surface area contributed by atoms with Gasteiger partial charge in [-0.3, -0.25) is 9.08 Å². The van der Waals surface area contributed by atoms with Gasteiger partial charge in [-0.05, 0) is 22.4 Å². The number of rotatable bonds is 4. The first-order chi connectivity index (χ1) is 9.67. The highest BCUT2D eigenvalue weighted by Crippen LogP contribution is 2.16. The molecule has 1 N–H and O–H groups in total. The smallest absolute Gasteiger partial charge is 0.155 e. The third kappa shape index (κ3) is 2.40. The van der Waals surface area contributed by atoms with E-state index in [1.165, 1.54) is 0 Å². The molecule has 0 spiro atoms. The predicted molar refractivity (Wildman–Crippen MR) is 80.6 cm³/mol. The molecular weight excluding hydrogens is 320 g/mol. The molecule has 3 heterocycles. The number of aromatic nitrogens is 5. The Labute approximate surface area is 125 Å². The average Bonchev–Trinajstić information content (AvgIpc) is 2.99. The number of aryl methyl sites for hydroxylation is 2.